The first kappa shape index (κ1) is 11.4. The molecule has 0 saturated carbocycles. The largest absolute Gasteiger partial charge is 0.481 e. The van der Waals surface area contributed by atoms with Crippen LogP contribution in [0.25, 0.3) is 0 Å². The summed E-state index contributed by atoms with van der Waals surface area (Å²) in [5.74, 6) is 3.34. The van der Waals surface area contributed by atoms with Gasteiger partial charge >= 0.3 is 5.97 Å². The number of rotatable bonds is 5. The number of carbonyl (C=O) groups is 1. The van der Waals surface area contributed by atoms with E-state index < -0.39 is 5.97 Å². The summed E-state index contributed by atoms with van der Waals surface area (Å²) < 4.78 is 4.99. The van der Waals surface area contributed by atoms with Gasteiger partial charge in [-0.3, -0.25) is 4.79 Å². The fraction of sp³-hybridized carbons (Fsp3) is 0.700. The zero-order valence-electron chi connectivity index (χ0n) is 8.89. The summed E-state index contributed by atoms with van der Waals surface area (Å²) in [6, 6.07) is 0. The van der Waals surface area contributed by atoms with Crippen molar-refractivity contribution in [2.75, 3.05) is 11.5 Å². The third kappa shape index (κ3) is 3.23. The van der Waals surface area contributed by atoms with E-state index in [0.29, 0.717) is 24.1 Å². The van der Waals surface area contributed by atoms with Crippen molar-refractivity contribution in [1.82, 2.24) is 10.1 Å². The summed E-state index contributed by atoms with van der Waals surface area (Å²) in [6.45, 7) is 0. The Morgan fingerprint density at radius 2 is 2.50 bits per heavy atom. The Bertz CT molecular complexity index is 361. The minimum absolute atomic E-state index is 0.0426. The molecular weight excluding hydrogens is 228 g/mol. The molecule has 1 N–H and O–H groups in total. The molecule has 0 spiro atoms. The van der Waals surface area contributed by atoms with Gasteiger partial charge in [0.1, 0.15) is 0 Å². The maximum Gasteiger partial charge on any atom is 0.303 e. The summed E-state index contributed by atoms with van der Waals surface area (Å²) in [5.41, 5.74) is 0. The zero-order valence-corrected chi connectivity index (χ0v) is 9.70. The zero-order chi connectivity index (χ0) is 11.4. The Hall–Kier alpha value is -1.04. The number of hydrogen-bond donors (Lipinski definition) is 1. The molecule has 1 atom stereocenters. The van der Waals surface area contributed by atoms with Crippen LogP contribution in [-0.4, -0.2) is 32.7 Å². The molecule has 1 aliphatic heterocycles. The lowest BCUT2D eigenvalue weighted by atomic mass is 10.1. The lowest BCUT2D eigenvalue weighted by molar-refractivity contribution is -0.137. The first-order valence-electron chi connectivity index (χ1n) is 5.35. The number of hydrogen-bond acceptors (Lipinski definition) is 5. The number of carboxylic acid groups (broad SMARTS) is 1. The van der Waals surface area contributed by atoms with E-state index in [1.165, 1.54) is 17.9 Å². The third-order valence-corrected chi connectivity index (χ3v) is 3.79. The van der Waals surface area contributed by atoms with Crippen molar-refractivity contribution in [2.24, 2.45) is 5.92 Å². The summed E-state index contributed by atoms with van der Waals surface area (Å²) >= 11 is 1.96. The predicted octanol–water partition coefficient (Wildman–Crippen LogP) is 1.38. The Balaban J connectivity index is 1.84. The Morgan fingerprint density at radius 1 is 1.62 bits per heavy atom. The highest BCUT2D eigenvalue weighted by Gasteiger charge is 2.18. The average molecular weight is 242 g/mol. The molecule has 0 aliphatic carbocycles. The average Bonchev–Trinajstić information content (AvgIpc) is 2.87. The van der Waals surface area contributed by atoms with E-state index in [1.807, 2.05) is 11.8 Å². The standard InChI is InChI=1S/C10H14N2O3S/c13-10(14)2-1-9-11-8(12-15-9)5-7-3-4-16-6-7/h7H,1-6H2,(H,13,14). The van der Waals surface area contributed by atoms with Gasteiger partial charge in [-0.1, -0.05) is 5.16 Å². The second-order valence-electron chi connectivity index (χ2n) is 3.93. The highest BCUT2D eigenvalue weighted by Crippen LogP contribution is 2.25. The SMILES string of the molecule is O=C(O)CCc1nc(CC2CCSC2)no1. The van der Waals surface area contributed by atoms with Crippen molar-refractivity contribution in [3.63, 3.8) is 0 Å². The highest BCUT2D eigenvalue weighted by atomic mass is 32.2. The first-order chi connectivity index (χ1) is 7.74. The van der Waals surface area contributed by atoms with Gasteiger partial charge in [-0.2, -0.15) is 16.7 Å². The summed E-state index contributed by atoms with van der Waals surface area (Å²) in [6.07, 6.45) is 2.43. The van der Waals surface area contributed by atoms with Crippen LogP contribution < -0.4 is 0 Å². The Kier molecular flexibility index (Phi) is 3.82. The molecule has 2 rings (SSSR count). The van der Waals surface area contributed by atoms with Gasteiger partial charge in [-0.15, -0.1) is 0 Å². The van der Waals surface area contributed by atoms with Gasteiger partial charge in [-0.05, 0) is 23.8 Å². The maximum atomic E-state index is 10.4. The van der Waals surface area contributed by atoms with Crippen molar-refractivity contribution in [3.8, 4) is 0 Å². The van der Waals surface area contributed by atoms with Crippen molar-refractivity contribution < 1.29 is 14.4 Å². The fourth-order valence-corrected chi connectivity index (χ4v) is 2.98. The van der Waals surface area contributed by atoms with Crippen molar-refractivity contribution in [2.45, 2.75) is 25.7 Å². The molecule has 6 heteroatoms. The van der Waals surface area contributed by atoms with Gasteiger partial charge in [0.25, 0.3) is 0 Å². The number of aromatic nitrogens is 2. The Morgan fingerprint density at radius 3 is 3.19 bits per heavy atom. The van der Waals surface area contributed by atoms with E-state index in [0.717, 1.165) is 6.42 Å². The molecule has 0 bridgehead atoms. The molecular formula is C10H14N2O3S. The van der Waals surface area contributed by atoms with Crippen molar-refractivity contribution in [1.29, 1.82) is 0 Å². The molecule has 2 heterocycles. The lowest BCUT2D eigenvalue weighted by Crippen LogP contribution is -2.04. The van der Waals surface area contributed by atoms with E-state index in [1.54, 1.807) is 0 Å². The van der Waals surface area contributed by atoms with Crippen LogP contribution in [0.4, 0.5) is 0 Å². The van der Waals surface area contributed by atoms with Gasteiger partial charge in [0.05, 0.1) is 6.42 Å². The van der Waals surface area contributed by atoms with Crippen LogP contribution in [-0.2, 0) is 17.6 Å². The minimum atomic E-state index is -0.841. The van der Waals surface area contributed by atoms with E-state index in [4.69, 9.17) is 9.63 Å². The first-order valence-corrected chi connectivity index (χ1v) is 6.50. The van der Waals surface area contributed by atoms with Crippen LogP contribution >= 0.6 is 11.8 Å². The van der Waals surface area contributed by atoms with Crippen LogP contribution in [0.3, 0.4) is 0 Å². The van der Waals surface area contributed by atoms with Gasteiger partial charge in [0, 0.05) is 12.8 Å². The third-order valence-electron chi connectivity index (χ3n) is 2.56. The minimum Gasteiger partial charge on any atom is -0.481 e. The molecule has 0 aromatic carbocycles. The summed E-state index contributed by atoms with van der Waals surface area (Å²) in [5, 5.41) is 12.4. The predicted molar refractivity (Wildman–Crippen MR) is 59.4 cm³/mol. The number of thioether (sulfide) groups is 1. The second kappa shape index (κ2) is 5.34. The molecule has 0 amide bonds. The van der Waals surface area contributed by atoms with E-state index in [-0.39, 0.29) is 6.42 Å². The van der Waals surface area contributed by atoms with E-state index in [9.17, 15) is 4.79 Å². The molecule has 1 saturated heterocycles. The topological polar surface area (TPSA) is 76.2 Å². The summed E-state index contributed by atoms with van der Waals surface area (Å²) in [4.78, 5) is 14.6. The normalized spacial score (nSPS) is 20.1. The molecule has 88 valence electrons. The van der Waals surface area contributed by atoms with Crippen LogP contribution in [0.5, 0.6) is 0 Å². The summed E-state index contributed by atoms with van der Waals surface area (Å²) in [7, 11) is 0. The van der Waals surface area contributed by atoms with Crippen LogP contribution in [0.2, 0.25) is 0 Å². The second-order valence-corrected chi connectivity index (χ2v) is 5.08. The van der Waals surface area contributed by atoms with Gasteiger partial charge in [0.2, 0.25) is 5.89 Å². The smallest absolute Gasteiger partial charge is 0.303 e. The number of aliphatic carboxylic acids is 1. The van der Waals surface area contributed by atoms with E-state index >= 15 is 0 Å². The lowest BCUT2D eigenvalue weighted by Gasteiger charge is -2.01. The number of aryl methyl sites for hydroxylation is 1. The molecule has 0 radical (unpaired) electrons. The van der Waals surface area contributed by atoms with Gasteiger partial charge in [-0.25, -0.2) is 0 Å². The molecule has 1 aromatic rings. The Labute approximate surface area is 97.6 Å². The van der Waals surface area contributed by atoms with Crippen LogP contribution in [0.1, 0.15) is 24.6 Å². The molecule has 1 aliphatic rings. The van der Waals surface area contributed by atoms with Gasteiger partial charge < -0.3 is 9.63 Å². The van der Waals surface area contributed by atoms with Gasteiger partial charge in [0.15, 0.2) is 5.82 Å². The van der Waals surface area contributed by atoms with Crippen molar-refractivity contribution >= 4 is 17.7 Å². The molecule has 1 fully saturated rings. The van der Waals surface area contributed by atoms with Crippen LogP contribution in [0, 0.1) is 5.92 Å². The molecule has 5 nitrogen and oxygen atoms in total. The van der Waals surface area contributed by atoms with E-state index in [2.05, 4.69) is 10.1 Å². The van der Waals surface area contributed by atoms with Crippen LogP contribution in [0.15, 0.2) is 4.52 Å². The maximum absolute atomic E-state index is 10.4. The molecule has 1 unspecified atom stereocenters. The van der Waals surface area contributed by atoms with Crippen molar-refractivity contribution in [3.05, 3.63) is 11.7 Å². The monoisotopic (exact) mass is 242 g/mol. The molecule has 16 heavy (non-hydrogen) atoms. The quantitative estimate of drug-likeness (QED) is 0.840. The number of nitrogens with zero attached hydrogens (tertiary/aromatic N) is 2. The molecule has 1 aromatic heterocycles. The highest BCUT2D eigenvalue weighted by molar-refractivity contribution is 7.99. The number of carboxylic acids is 1. The fourth-order valence-electron chi connectivity index (χ4n) is 1.69.